The molecule has 1 rings (SSSR count). The third kappa shape index (κ3) is 1.28. The summed E-state index contributed by atoms with van der Waals surface area (Å²) in [6, 6.07) is 0. The van der Waals surface area contributed by atoms with Crippen molar-refractivity contribution in [2.75, 3.05) is 0 Å². The van der Waals surface area contributed by atoms with Gasteiger partial charge in [0.15, 0.2) is 0 Å². The predicted molar refractivity (Wildman–Crippen MR) is 42.0 cm³/mol. The summed E-state index contributed by atoms with van der Waals surface area (Å²) in [5.41, 5.74) is -10.6. The zero-order valence-electron chi connectivity index (χ0n) is 8.13. The molecular formula is C8H4F6O4. The van der Waals surface area contributed by atoms with Gasteiger partial charge >= 0.3 is 29.5 Å². The number of rotatable bonds is 2. The highest BCUT2D eigenvalue weighted by atomic mass is 19.3. The molecule has 0 fully saturated rings. The molecule has 2 unspecified atom stereocenters. The smallest absolute Gasteiger partial charge is 0.355 e. The Hall–Kier alpha value is -1.74. The van der Waals surface area contributed by atoms with Crippen LogP contribution in [0.25, 0.3) is 0 Å². The van der Waals surface area contributed by atoms with Gasteiger partial charge in [0.25, 0.3) is 5.67 Å². The fourth-order valence-electron chi connectivity index (χ4n) is 1.38. The molecule has 0 aromatic carbocycles. The summed E-state index contributed by atoms with van der Waals surface area (Å²) in [6.45, 7) is 0. The zero-order chi connectivity index (χ0) is 14.6. The number of hydrogen-bond acceptors (Lipinski definition) is 2. The maximum atomic E-state index is 13.5. The van der Waals surface area contributed by atoms with Crippen LogP contribution in [0.4, 0.5) is 26.3 Å². The second kappa shape index (κ2) is 3.39. The van der Waals surface area contributed by atoms with E-state index in [9.17, 15) is 35.9 Å². The molecule has 1 aliphatic rings. The fourth-order valence-corrected chi connectivity index (χ4v) is 1.38. The van der Waals surface area contributed by atoms with Gasteiger partial charge in [-0.05, 0) is 12.2 Å². The Morgan fingerprint density at radius 1 is 0.833 bits per heavy atom. The predicted octanol–water partition coefficient (Wildman–Crippen LogP) is 1.41. The number of carbonyl (C=O) groups is 2. The topological polar surface area (TPSA) is 74.6 Å². The highest BCUT2D eigenvalue weighted by Crippen LogP contribution is 2.55. The summed E-state index contributed by atoms with van der Waals surface area (Å²) in [5, 5.41) is 16.4. The van der Waals surface area contributed by atoms with Gasteiger partial charge in [-0.1, -0.05) is 0 Å². The van der Waals surface area contributed by atoms with E-state index in [0.29, 0.717) is 0 Å². The van der Waals surface area contributed by atoms with Crippen molar-refractivity contribution >= 4 is 11.9 Å². The minimum Gasteiger partial charge on any atom is -0.479 e. The van der Waals surface area contributed by atoms with E-state index in [-0.39, 0.29) is 0 Å². The molecule has 102 valence electrons. The summed E-state index contributed by atoms with van der Waals surface area (Å²) in [7, 11) is 0. The van der Waals surface area contributed by atoms with Gasteiger partial charge in [-0.3, -0.25) is 0 Å². The maximum Gasteiger partial charge on any atom is 0.355 e. The number of carboxylic acids is 2. The van der Waals surface area contributed by atoms with Gasteiger partial charge in [0, 0.05) is 0 Å². The minimum atomic E-state index is -6.00. The standard InChI is InChI=1S/C8H4F6O4/c9-5(3(15)16)1-2-6(10,11)7(12,4(17)18)8(5,13)14/h1-2H,(H,15,16)(H,17,18). The molecule has 0 aromatic rings. The van der Waals surface area contributed by atoms with E-state index in [0.717, 1.165) is 0 Å². The highest BCUT2D eigenvalue weighted by molar-refractivity contribution is 5.89. The van der Waals surface area contributed by atoms with E-state index in [1.807, 2.05) is 0 Å². The third-order valence-electron chi connectivity index (χ3n) is 2.48. The lowest BCUT2D eigenvalue weighted by Gasteiger charge is -2.41. The Morgan fingerprint density at radius 3 is 1.61 bits per heavy atom. The number of hydrogen-bond donors (Lipinski definition) is 2. The van der Waals surface area contributed by atoms with Crippen molar-refractivity contribution in [1.82, 2.24) is 0 Å². The van der Waals surface area contributed by atoms with E-state index in [4.69, 9.17) is 10.2 Å². The van der Waals surface area contributed by atoms with Crippen LogP contribution in [-0.4, -0.2) is 45.3 Å². The lowest BCUT2D eigenvalue weighted by atomic mass is 9.75. The van der Waals surface area contributed by atoms with Crippen molar-refractivity contribution in [1.29, 1.82) is 0 Å². The minimum absolute atomic E-state index is 0.768. The molecule has 0 heterocycles. The number of allylic oxidation sites excluding steroid dienone is 1. The molecule has 0 aromatic heterocycles. The van der Waals surface area contributed by atoms with E-state index >= 15 is 0 Å². The van der Waals surface area contributed by atoms with Crippen molar-refractivity contribution in [2.24, 2.45) is 0 Å². The van der Waals surface area contributed by atoms with Crippen LogP contribution in [0.15, 0.2) is 12.2 Å². The first-order valence-corrected chi connectivity index (χ1v) is 4.15. The lowest BCUT2D eigenvalue weighted by Crippen LogP contribution is -2.72. The van der Waals surface area contributed by atoms with Crippen LogP contribution in [0.1, 0.15) is 0 Å². The Balaban J connectivity index is 3.67. The molecular weight excluding hydrogens is 274 g/mol. The van der Waals surface area contributed by atoms with Crippen molar-refractivity contribution in [3.8, 4) is 0 Å². The van der Waals surface area contributed by atoms with Gasteiger partial charge in [0.1, 0.15) is 0 Å². The van der Waals surface area contributed by atoms with E-state index in [1.54, 1.807) is 0 Å². The second-order valence-electron chi connectivity index (χ2n) is 3.51. The van der Waals surface area contributed by atoms with Crippen LogP contribution >= 0.6 is 0 Å². The summed E-state index contributed by atoms with van der Waals surface area (Å²) in [4.78, 5) is 20.6. The number of aliphatic carboxylic acids is 2. The summed E-state index contributed by atoms with van der Waals surface area (Å²) in [5.74, 6) is -17.6. The normalized spacial score (nSPS) is 37.2. The molecule has 4 nitrogen and oxygen atoms in total. The van der Waals surface area contributed by atoms with E-state index < -0.39 is 47.3 Å². The average Bonchev–Trinajstić information content (AvgIpc) is 2.21. The van der Waals surface area contributed by atoms with Crippen LogP contribution in [0.2, 0.25) is 0 Å². The monoisotopic (exact) mass is 278 g/mol. The average molecular weight is 278 g/mol. The zero-order valence-corrected chi connectivity index (χ0v) is 8.13. The molecule has 2 atom stereocenters. The molecule has 0 saturated carbocycles. The Labute approximate surface area is 94.5 Å². The molecule has 2 N–H and O–H groups in total. The number of halogens is 6. The highest BCUT2D eigenvalue weighted by Gasteiger charge is 2.85. The van der Waals surface area contributed by atoms with Crippen LogP contribution in [0.3, 0.4) is 0 Å². The Kier molecular flexibility index (Phi) is 2.70. The van der Waals surface area contributed by atoms with Gasteiger partial charge < -0.3 is 10.2 Å². The first kappa shape index (κ1) is 14.3. The summed E-state index contributed by atoms with van der Waals surface area (Å²) in [6.07, 6.45) is -1.61. The molecule has 1 aliphatic carbocycles. The lowest BCUT2D eigenvalue weighted by molar-refractivity contribution is -0.273. The van der Waals surface area contributed by atoms with Gasteiger partial charge in [0.05, 0.1) is 0 Å². The van der Waals surface area contributed by atoms with Crippen molar-refractivity contribution < 1.29 is 46.1 Å². The van der Waals surface area contributed by atoms with Gasteiger partial charge in [-0.15, -0.1) is 0 Å². The number of alkyl halides is 6. The van der Waals surface area contributed by atoms with Crippen LogP contribution in [0.5, 0.6) is 0 Å². The Bertz CT molecular complexity index is 447. The molecule has 0 radical (unpaired) electrons. The second-order valence-corrected chi connectivity index (χ2v) is 3.51. The summed E-state index contributed by atoms with van der Waals surface area (Å²) >= 11 is 0. The fraction of sp³-hybridized carbons (Fsp3) is 0.500. The molecule has 0 bridgehead atoms. The van der Waals surface area contributed by atoms with E-state index in [1.165, 1.54) is 0 Å². The van der Waals surface area contributed by atoms with E-state index in [2.05, 4.69) is 0 Å². The molecule has 0 amide bonds. The largest absolute Gasteiger partial charge is 0.479 e. The molecule has 10 heteroatoms. The van der Waals surface area contributed by atoms with Crippen LogP contribution in [-0.2, 0) is 9.59 Å². The number of carboxylic acid groups (broad SMARTS) is 2. The van der Waals surface area contributed by atoms with Crippen LogP contribution < -0.4 is 0 Å². The first-order valence-electron chi connectivity index (χ1n) is 4.15. The molecule has 18 heavy (non-hydrogen) atoms. The van der Waals surface area contributed by atoms with Crippen LogP contribution in [0, 0.1) is 0 Å². The van der Waals surface area contributed by atoms with Crippen molar-refractivity contribution in [2.45, 2.75) is 23.2 Å². The molecule has 0 aliphatic heterocycles. The third-order valence-corrected chi connectivity index (χ3v) is 2.48. The quantitative estimate of drug-likeness (QED) is 0.591. The SMILES string of the molecule is O=C(O)C1(F)C=CC(F)(F)C(F)(C(=O)O)C1(F)F. The maximum absolute atomic E-state index is 13.5. The van der Waals surface area contributed by atoms with Crippen molar-refractivity contribution in [3.05, 3.63) is 12.2 Å². The van der Waals surface area contributed by atoms with Gasteiger partial charge in [-0.2, -0.15) is 17.6 Å². The van der Waals surface area contributed by atoms with Crippen molar-refractivity contribution in [3.63, 3.8) is 0 Å². The molecule has 0 saturated heterocycles. The summed E-state index contributed by atoms with van der Waals surface area (Å²) < 4.78 is 79.2. The Morgan fingerprint density at radius 2 is 1.28 bits per heavy atom. The van der Waals surface area contributed by atoms with Gasteiger partial charge in [-0.25, -0.2) is 18.4 Å². The van der Waals surface area contributed by atoms with Gasteiger partial charge in [0.2, 0.25) is 0 Å². The first-order chi connectivity index (χ1) is 7.84. The molecule has 0 spiro atoms.